The Morgan fingerprint density at radius 3 is 2.67 bits per heavy atom. The van der Waals surface area contributed by atoms with Crippen LogP contribution in [-0.4, -0.2) is 40.8 Å². The minimum atomic E-state index is -0.413. The van der Waals surface area contributed by atoms with Gasteiger partial charge in [0.25, 0.3) is 11.9 Å². The van der Waals surface area contributed by atoms with Crippen LogP contribution >= 0.6 is 23.1 Å². The maximum Gasteiger partial charge on any atom is 0.286 e. The van der Waals surface area contributed by atoms with Crippen LogP contribution in [0.25, 0.3) is 5.95 Å². The Kier molecular flexibility index (Phi) is 5.46. The maximum atomic E-state index is 13.0. The molecular formula is C17H16FN9OS2. The van der Waals surface area contributed by atoms with Gasteiger partial charge in [-0.3, -0.25) is 4.79 Å². The molecule has 10 nitrogen and oxygen atoms in total. The molecule has 13 heteroatoms. The van der Waals surface area contributed by atoms with Crippen molar-refractivity contribution in [1.29, 1.82) is 0 Å². The van der Waals surface area contributed by atoms with Gasteiger partial charge >= 0.3 is 0 Å². The molecule has 0 saturated heterocycles. The van der Waals surface area contributed by atoms with E-state index in [-0.39, 0.29) is 10.8 Å². The molecule has 4 aromatic rings. The molecule has 3 aromatic heterocycles. The second-order valence-corrected chi connectivity index (χ2v) is 8.25. The first-order chi connectivity index (χ1) is 14.4. The van der Waals surface area contributed by atoms with Crippen molar-refractivity contribution < 1.29 is 9.18 Å². The summed E-state index contributed by atoms with van der Waals surface area (Å²) in [6.45, 7) is 3.79. The van der Waals surface area contributed by atoms with Gasteiger partial charge in [0.1, 0.15) is 10.8 Å². The predicted molar refractivity (Wildman–Crippen MR) is 111 cm³/mol. The Hall–Kier alpha value is -3.32. The molecule has 0 aliphatic rings. The van der Waals surface area contributed by atoms with E-state index in [2.05, 4.69) is 30.8 Å². The molecule has 4 rings (SSSR count). The van der Waals surface area contributed by atoms with Crippen LogP contribution in [-0.2, 0) is 5.75 Å². The van der Waals surface area contributed by atoms with Gasteiger partial charge in [0, 0.05) is 11.4 Å². The smallest absolute Gasteiger partial charge is 0.286 e. The highest BCUT2D eigenvalue weighted by molar-refractivity contribution is 7.98. The number of carbonyl (C=O) groups is 1. The summed E-state index contributed by atoms with van der Waals surface area (Å²) in [7, 11) is 0. The number of hydrogen-bond donors (Lipinski definition) is 2. The third-order valence-corrected chi connectivity index (χ3v) is 5.99. The van der Waals surface area contributed by atoms with Crippen molar-refractivity contribution in [1.82, 2.24) is 34.9 Å². The van der Waals surface area contributed by atoms with E-state index in [4.69, 9.17) is 5.84 Å². The van der Waals surface area contributed by atoms with Crippen LogP contribution in [0.15, 0.2) is 35.5 Å². The lowest BCUT2D eigenvalue weighted by molar-refractivity contribution is 0.102. The summed E-state index contributed by atoms with van der Waals surface area (Å²) < 4.78 is 15.9. The van der Waals surface area contributed by atoms with Crippen LogP contribution in [0.3, 0.4) is 0 Å². The van der Waals surface area contributed by atoms with E-state index in [9.17, 15) is 9.18 Å². The van der Waals surface area contributed by atoms with Gasteiger partial charge in [-0.1, -0.05) is 23.1 Å². The Bertz CT molecular complexity index is 1200. The molecule has 0 bridgehead atoms. The summed E-state index contributed by atoms with van der Waals surface area (Å²) in [4.78, 5) is 12.3. The Morgan fingerprint density at radius 1 is 1.20 bits per heavy atom. The van der Waals surface area contributed by atoms with Gasteiger partial charge < -0.3 is 11.2 Å². The minimum absolute atomic E-state index is 0.201. The number of anilines is 1. The van der Waals surface area contributed by atoms with E-state index in [1.54, 1.807) is 4.68 Å². The number of halogens is 1. The van der Waals surface area contributed by atoms with Crippen molar-refractivity contribution in [2.45, 2.75) is 24.8 Å². The molecule has 0 radical (unpaired) electrons. The molecule has 0 spiro atoms. The zero-order chi connectivity index (χ0) is 21.3. The number of nitrogens with two attached hydrogens (primary N) is 1. The molecular weight excluding hydrogens is 429 g/mol. The van der Waals surface area contributed by atoms with Gasteiger partial charge in [0.15, 0.2) is 0 Å². The molecule has 1 amide bonds. The third-order valence-electron chi connectivity index (χ3n) is 3.93. The highest BCUT2D eigenvalue weighted by Gasteiger charge is 2.17. The minimum Gasteiger partial charge on any atom is -0.334 e. The molecule has 3 heterocycles. The normalized spacial score (nSPS) is 11.0. The second kappa shape index (κ2) is 8.20. The van der Waals surface area contributed by atoms with Crippen LogP contribution in [0, 0.1) is 19.7 Å². The van der Waals surface area contributed by atoms with Crippen LogP contribution in [0.4, 0.5) is 10.1 Å². The average molecular weight is 446 g/mol. The van der Waals surface area contributed by atoms with Crippen molar-refractivity contribution >= 4 is 34.7 Å². The van der Waals surface area contributed by atoms with E-state index >= 15 is 0 Å². The standard InChI is InChI=1S/C17H16FN9OS2/c1-9-7-10(2)27(25-9)16-23-24-17(26(16)19)29-8-13-21-22-15(30-13)14(28)20-12-5-3-11(18)4-6-12/h3-7H,8,19H2,1-2H3,(H,20,28). The fraction of sp³-hybridized carbons (Fsp3) is 0.176. The highest BCUT2D eigenvalue weighted by Crippen LogP contribution is 2.24. The number of aromatic nitrogens is 7. The molecule has 3 N–H and O–H groups in total. The molecule has 0 atom stereocenters. The summed E-state index contributed by atoms with van der Waals surface area (Å²) in [5.41, 5.74) is 2.22. The molecule has 0 saturated carbocycles. The van der Waals surface area contributed by atoms with Crippen molar-refractivity contribution in [3.8, 4) is 5.95 Å². The number of nitrogens with one attached hydrogen (secondary N) is 1. The van der Waals surface area contributed by atoms with Crippen LogP contribution < -0.4 is 11.2 Å². The third kappa shape index (κ3) is 4.16. The Morgan fingerprint density at radius 2 is 1.97 bits per heavy atom. The summed E-state index contributed by atoms with van der Waals surface area (Å²) in [6, 6.07) is 7.39. The number of carbonyl (C=O) groups excluding carboxylic acids is 1. The molecule has 0 unspecified atom stereocenters. The van der Waals surface area contributed by atoms with Gasteiger partial charge in [0.05, 0.1) is 11.4 Å². The van der Waals surface area contributed by atoms with E-state index < -0.39 is 5.91 Å². The number of hydrogen-bond acceptors (Lipinski definition) is 9. The second-order valence-electron chi connectivity index (χ2n) is 6.24. The summed E-state index contributed by atoms with van der Waals surface area (Å²) in [5, 5.41) is 24.5. The largest absolute Gasteiger partial charge is 0.334 e. The number of amides is 1. The highest BCUT2D eigenvalue weighted by atomic mass is 32.2. The van der Waals surface area contributed by atoms with E-state index in [1.807, 2.05) is 19.9 Å². The average Bonchev–Trinajstić information content (AvgIpc) is 3.41. The number of nitrogens with zero attached hydrogens (tertiary/aromatic N) is 7. The predicted octanol–water partition coefficient (Wildman–Crippen LogP) is 2.33. The van der Waals surface area contributed by atoms with Gasteiger partial charge in [-0.2, -0.15) is 5.10 Å². The monoisotopic (exact) mass is 445 g/mol. The van der Waals surface area contributed by atoms with E-state index in [0.29, 0.717) is 27.6 Å². The first kappa shape index (κ1) is 20.0. The van der Waals surface area contributed by atoms with Crippen LogP contribution in [0.5, 0.6) is 0 Å². The SMILES string of the molecule is Cc1cc(C)n(-c2nnc(SCc3nnc(C(=O)Nc4ccc(F)cc4)s3)n2N)n1. The zero-order valence-corrected chi connectivity index (χ0v) is 17.5. The van der Waals surface area contributed by atoms with Crippen molar-refractivity contribution in [3.63, 3.8) is 0 Å². The first-order valence-corrected chi connectivity index (χ1v) is 10.5. The molecule has 1 aromatic carbocycles. The number of aryl methyl sites for hydroxylation is 2. The van der Waals surface area contributed by atoms with Gasteiger partial charge in [-0.05, 0) is 44.2 Å². The first-order valence-electron chi connectivity index (χ1n) is 8.67. The summed E-state index contributed by atoms with van der Waals surface area (Å²) >= 11 is 2.47. The van der Waals surface area contributed by atoms with E-state index in [1.165, 1.54) is 40.7 Å². The van der Waals surface area contributed by atoms with E-state index in [0.717, 1.165) is 22.7 Å². The van der Waals surface area contributed by atoms with Crippen molar-refractivity contribution in [2.75, 3.05) is 11.2 Å². The van der Waals surface area contributed by atoms with Crippen LogP contribution in [0.1, 0.15) is 26.2 Å². The maximum absolute atomic E-state index is 13.0. The van der Waals surface area contributed by atoms with Gasteiger partial charge in [-0.15, -0.1) is 20.4 Å². The molecule has 154 valence electrons. The quantitative estimate of drug-likeness (QED) is 0.342. The molecule has 0 fully saturated rings. The van der Waals surface area contributed by atoms with Gasteiger partial charge in [0.2, 0.25) is 10.2 Å². The van der Waals surface area contributed by atoms with Gasteiger partial charge in [-0.25, -0.2) is 13.7 Å². The fourth-order valence-electron chi connectivity index (χ4n) is 2.59. The lowest BCUT2D eigenvalue weighted by atomic mass is 10.3. The number of thioether (sulfide) groups is 1. The van der Waals surface area contributed by atoms with Crippen LogP contribution in [0.2, 0.25) is 0 Å². The molecule has 30 heavy (non-hydrogen) atoms. The summed E-state index contributed by atoms with van der Waals surface area (Å²) in [6.07, 6.45) is 0. The lowest BCUT2D eigenvalue weighted by Crippen LogP contribution is -2.17. The lowest BCUT2D eigenvalue weighted by Gasteiger charge is -2.04. The molecule has 0 aliphatic carbocycles. The fourth-order valence-corrected chi connectivity index (χ4v) is 4.16. The Labute approximate surface area is 178 Å². The Balaban J connectivity index is 1.40. The van der Waals surface area contributed by atoms with Crippen molar-refractivity contribution in [3.05, 3.63) is 57.6 Å². The number of nitrogen functional groups attached to an aromatic ring is 1. The molecule has 0 aliphatic heterocycles. The summed E-state index contributed by atoms with van der Waals surface area (Å²) in [5.74, 6) is 6.14. The number of rotatable bonds is 6. The topological polar surface area (TPSA) is 129 Å². The number of benzene rings is 1. The zero-order valence-electron chi connectivity index (χ0n) is 15.9. The van der Waals surface area contributed by atoms with Crippen molar-refractivity contribution in [2.24, 2.45) is 0 Å².